The van der Waals surface area contributed by atoms with Crippen LogP contribution >= 0.6 is 0 Å². The molecular weight excluding hydrogens is 306 g/mol. The maximum atomic E-state index is 2.58. The summed E-state index contributed by atoms with van der Waals surface area (Å²) in [6.45, 7) is 8.07. The minimum absolute atomic E-state index is 0.945. The predicted octanol–water partition coefficient (Wildman–Crippen LogP) is 0.627. The summed E-state index contributed by atoms with van der Waals surface area (Å²) in [5.74, 6) is 2.20. The highest BCUT2D eigenvalue weighted by Crippen LogP contribution is 2.43. The maximum Gasteiger partial charge on any atom is 0.0984 e. The van der Waals surface area contributed by atoms with E-state index in [2.05, 4.69) is 35.2 Å². The fraction of sp³-hybridized carbons (Fsp3) is 0.727. The quantitative estimate of drug-likeness (QED) is 0.822. The van der Waals surface area contributed by atoms with E-state index in [1.807, 2.05) is 9.80 Å². The molecule has 4 aliphatic rings. The minimum Gasteiger partial charge on any atom is -0.360 e. The lowest BCUT2D eigenvalue weighted by molar-refractivity contribution is -0.970. The standard InChI is InChI=1S/C22H33N3/c1-2-4-20(5-3-1)23-12-14-24(15-13-23)21-8-10-25(11-9-21)22-17-18-6-7-19(22)16-18/h1-5,18-19,21-22H,6-17H2/p+2/t18-,19+,22-/m0/s1. The lowest BCUT2D eigenvalue weighted by atomic mass is 9.91. The molecule has 2 bridgehead atoms. The Morgan fingerprint density at radius 3 is 2.16 bits per heavy atom. The van der Waals surface area contributed by atoms with E-state index in [1.165, 1.54) is 57.8 Å². The Bertz CT molecular complexity index is 558. The van der Waals surface area contributed by atoms with Crippen LogP contribution in [0.15, 0.2) is 30.3 Å². The molecular formula is C22H35N3+2. The lowest BCUT2D eigenvalue weighted by Crippen LogP contribution is -3.23. The molecule has 1 aromatic carbocycles. The molecule has 0 radical (unpaired) electrons. The Morgan fingerprint density at radius 1 is 0.760 bits per heavy atom. The van der Waals surface area contributed by atoms with Crippen molar-refractivity contribution in [2.75, 3.05) is 44.2 Å². The number of fused-ring (bicyclic) bond motifs is 2. The third kappa shape index (κ3) is 3.21. The summed E-state index contributed by atoms with van der Waals surface area (Å²) in [6, 6.07) is 13.0. The van der Waals surface area contributed by atoms with Crippen LogP contribution in [-0.4, -0.2) is 51.4 Å². The first-order valence-corrected chi connectivity index (χ1v) is 10.9. The molecule has 2 aliphatic carbocycles. The predicted molar refractivity (Wildman–Crippen MR) is 102 cm³/mol. The van der Waals surface area contributed by atoms with Crippen LogP contribution < -0.4 is 14.7 Å². The third-order valence-corrected chi connectivity index (χ3v) is 7.99. The van der Waals surface area contributed by atoms with E-state index in [4.69, 9.17) is 0 Å². The van der Waals surface area contributed by atoms with E-state index in [-0.39, 0.29) is 0 Å². The lowest BCUT2D eigenvalue weighted by Gasteiger charge is -2.41. The van der Waals surface area contributed by atoms with Crippen LogP contribution in [0.3, 0.4) is 0 Å². The monoisotopic (exact) mass is 341 g/mol. The molecule has 1 aromatic rings. The zero-order valence-corrected chi connectivity index (χ0v) is 15.6. The second kappa shape index (κ2) is 6.92. The summed E-state index contributed by atoms with van der Waals surface area (Å²) >= 11 is 0. The van der Waals surface area contributed by atoms with Crippen LogP contribution in [0.1, 0.15) is 38.5 Å². The topological polar surface area (TPSA) is 12.1 Å². The van der Waals surface area contributed by atoms with E-state index in [0.29, 0.717) is 0 Å². The molecule has 0 amide bonds. The van der Waals surface area contributed by atoms with Crippen LogP contribution in [0.2, 0.25) is 0 Å². The summed E-state index contributed by atoms with van der Waals surface area (Å²) in [4.78, 5) is 6.48. The van der Waals surface area contributed by atoms with Gasteiger partial charge >= 0.3 is 0 Å². The molecule has 2 saturated carbocycles. The van der Waals surface area contributed by atoms with Crippen LogP contribution in [-0.2, 0) is 0 Å². The number of nitrogens with zero attached hydrogens (tertiary/aromatic N) is 1. The number of benzene rings is 1. The van der Waals surface area contributed by atoms with Gasteiger partial charge in [0.2, 0.25) is 0 Å². The highest BCUT2D eigenvalue weighted by molar-refractivity contribution is 5.46. The minimum atomic E-state index is 0.945. The number of para-hydroxylation sites is 1. The molecule has 4 fully saturated rings. The Labute approximate surface area is 153 Å². The molecule has 0 unspecified atom stereocenters. The van der Waals surface area contributed by atoms with Gasteiger partial charge < -0.3 is 14.7 Å². The average Bonchev–Trinajstić information content (AvgIpc) is 3.33. The summed E-state index contributed by atoms with van der Waals surface area (Å²) in [6.07, 6.45) is 9.19. The maximum absolute atomic E-state index is 2.58. The highest BCUT2D eigenvalue weighted by atomic mass is 15.3. The summed E-state index contributed by atoms with van der Waals surface area (Å²) in [5.41, 5.74) is 1.41. The van der Waals surface area contributed by atoms with Crippen molar-refractivity contribution in [3.8, 4) is 0 Å². The van der Waals surface area contributed by atoms with Gasteiger partial charge in [0.15, 0.2) is 0 Å². The van der Waals surface area contributed by atoms with Gasteiger partial charge in [0.25, 0.3) is 0 Å². The van der Waals surface area contributed by atoms with Crippen molar-refractivity contribution in [2.45, 2.75) is 50.6 Å². The van der Waals surface area contributed by atoms with Gasteiger partial charge in [-0.2, -0.15) is 0 Å². The summed E-state index contributed by atoms with van der Waals surface area (Å²) in [7, 11) is 0. The Hall–Kier alpha value is -1.06. The fourth-order valence-electron chi connectivity index (χ4n) is 6.61. The van der Waals surface area contributed by atoms with Crippen LogP contribution in [0.25, 0.3) is 0 Å². The molecule has 25 heavy (non-hydrogen) atoms. The van der Waals surface area contributed by atoms with Crippen molar-refractivity contribution in [3.63, 3.8) is 0 Å². The molecule has 2 aliphatic heterocycles. The van der Waals surface area contributed by atoms with Gasteiger partial charge in [0.05, 0.1) is 51.4 Å². The zero-order valence-electron chi connectivity index (χ0n) is 15.6. The second-order valence-corrected chi connectivity index (χ2v) is 9.19. The smallest absolute Gasteiger partial charge is 0.0984 e. The summed E-state index contributed by atoms with van der Waals surface area (Å²) in [5, 5.41) is 0. The van der Waals surface area contributed by atoms with Gasteiger partial charge in [-0.05, 0) is 37.3 Å². The Kier molecular flexibility index (Phi) is 4.47. The number of hydrogen-bond donors (Lipinski definition) is 2. The molecule has 3 atom stereocenters. The zero-order chi connectivity index (χ0) is 16.6. The molecule has 3 nitrogen and oxygen atoms in total. The number of nitrogens with one attached hydrogen (secondary N) is 2. The van der Waals surface area contributed by atoms with Crippen molar-refractivity contribution < 1.29 is 9.80 Å². The first-order chi connectivity index (χ1) is 12.4. The van der Waals surface area contributed by atoms with Crippen LogP contribution in [0.5, 0.6) is 0 Å². The SMILES string of the molecule is c1ccc(N2CC[NH+](C3CC[NH+]([C@H]4C[C@H]5CC[C@@H]4C5)CC3)CC2)cc1. The molecule has 2 heterocycles. The van der Waals surface area contributed by atoms with Gasteiger partial charge in [-0.15, -0.1) is 0 Å². The van der Waals surface area contributed by atoms with Gasteiger partial charge in [-0.25, -0.2) is 0 Å². The molecule has 136 valence electrons. The van der Waals surface area contributed by atoms with E-state index in [9.17, 15) is 0 Å². The summed E-state index contributed by atoms with van der Waals surface area (Å²) < 4.78 is 0. The highest BCUT2D eigenvalue weighted by Gasteiger charge is 2.46. The second-order valence-electron chi connectivity index (χ2n) is 9.19. The van der Waals surface area contributed by atoms with Crippen LogP contribution in [0, 0.1) is 11.8 Å². The molecule has 2 N–H and O–H groups in total. The number of piperidine rings is 1. The van der Waals surface area contributed by atoms with E-state index < -0.39 is 0 Å². The molecule has 5 rings (SSSR count). The molecule has 0 spiro atoms. The number of quaternary nitrogens is 2. The van der Waals surface area contributed by atoms with Gasteiger partial charge in [-0.1, -0.05) is 18.2 Å². The van der Waals surface area contributed by atoms with Crippen molar-refractivity contribution in [1.82, 2.24) is 0 Å². The van der Waals surface area contributed by atoms with Crippen molar-refractivity contribution in [2.24, 2.45) is 11.8 Å². The number of anilines is 1. The number of piperazine rings is 1. The van der Waals surface area contributed by atoms with Gasteiger partial charge in [-0.3, -0.25) is 0 Å². The van der Waals surface area contributed by atoms with E-state index >= 15 is 0 Å². The van der Waals surface area contributed by atoms with Gasteiger partial charge in [0.1, 0.15) is 0 Å². The fourth-order valence-corrected chi connectivity index (χ4v) is 6.61. The molecule has 0 aromatic heterocycles. The Morgan fingerprint density at radius 2 is 1.52 bits per heavy atom. The molecule has 2 saturated heterocycles. The van der Waals surface area contributed by atoms with Crippen molar-refractivity contribution in [1.29, 1.82) is 0 Å². The molecule has 3 heteroatoms. The normalized spacial score (nSPS) is 39.0. The third-order valence-electron chi connectivity index (χ3n) is 7.99. The van der Waals surface area contributed by atoms with E-state index in [0.717, 1.165) is 23.9 Å². The van der Waals surface area contributed by atoms with Crippen molar-refractivity contribution in [3.05, 3.63) is 30.3 Å². The first-order valence-electron chi connectivity index (χ1n) is 10.9. The van der Waals surface area contributed by atoms with Gasteiger partial charge in [0, 0.05) is 30.9 Å². The first kappa shape index (κ1) is 16.1. The average molecular weight is 342 g/mol. The van der Waals surface area contributed by atoms with Crippen LogP contribution in [0.4, 0.5) is 5.69 Å². The van der Waals surface area contributed by atoms with E-state index in [1.54, 1.807) is 25.7 Å². The number of likely N-dealkylation sites (tertiary alicyclic amines) is 1. The number of hydrogen-bond acceptors (Lipinski definition) is 1. The van der Waals surface area contributed by atoms with Crippen molar-refractivity contribution >= 4 is 5.69 Å². The Balaban J connectivity index is 1.11. The number of rotatable bonds is 3. The largest absolute Gasteiger partial charge is 0.360 e.